The van der Waals surface area contributed by atoms with E-state index in [9.17, 15) is 4.79 Å². The molecule has 0 aromatic carbocycles. The third kappa shape index (κ3) is 3.57. The number of rotatable bonds is 4. The van der Waals surface area contributed by atoms with Gasteiger partial charge in [0.1, 0.15) is 0 Å². The highest BCUT2D eigenvalue weighted by molar-refractivity contribution is 5.74. The van der Waals surface area contributed by atoms with Gasteiger partial charge in [-0.05, 0) is 0 Å². The van der Waals surface area contributed by atoms with E-state index in [1.165, 1.54) is 13.2 Å². The molecular formula is C8H12O3. The van der Waals surface area contributed by atoms with Crippen LogP contribution in [0.4, 0.5) is 0 Å². The van der Waals surface area contributed by atoms with E-state index < -0.39 is 12.1 Å². The second kappa shape index (κ2) is 4.68. The molecule has 0 bridgehead atoms. The Morgan fingerprint density at radius 1 is 1.82 bits per heavy atom. The van der Waals surface area contributed by atoms with E-state index in [2.05, 4.69) is 17.9 Å². The second-order valence-corrected chi connectivity index (χ2v) is 2.11. The summed E-state index contributed by atoms with van der Waals surface area (Å²) in [5.41, 5.74) is 0.614. The van der Waals surface area contributed by atoms with Crippen LogP contribution in [0.25, 0.3) is 0 Å². The molecule has 3 heteroatoms. The zero-order chi connectivity index (χ0) is 8.85. The highest BCUT2D eigenvalue weighted by Gasteiger charge is 2.14. The van der Waals surface area contributed by atoms with Gasteiger partial charge in [0.15, 0.2) is 6.10 Å². The molecule has 62 valence electrons. The molecule has 0 aromatic rings. The molecule has 11 heavy (non-hydrogen) atoms. The molecule has 3 nitrogen and oxygen atoms in total. The first kappa shape index (κ1) is 9.91. The second-order valence-electron chi connectivity index (χ2n) is 2.11. The number of hydrogen-bond donors (Lipinski definition) is 1. The summed E-state index contributed by atoms with van der Waals surface area (Å²) in [6.45, 7) is 6.98. The third-order valence-corrected chi connectivity index (χ3v) is 1.22. The van der Waals surface area contributed by atoms with Crippen LogP contribution in [-0.4, -0.2) is 24.3 Å². The topological polar surface area (TPSA) is 46.5 Å². The van der Waals surface area contributed by atoms with Crippen LogP contribution in [0.1, 0.15) is 6.42 Å². The summed E-state index contributed by atoms with van der Waals surface area (Å²) in [4.78, 5) is 10.6. The van der Waals surface area contributed by atoms with E-state index >= 15 is 0 Å². The lowest BCUT2D eigenvalue weighted by molar-refractivity contribution is -0.150. The largest absolute Gasteiger partial charge is 0.467 e. The van der Waals surface area contributed by atoms with E-state index in [4.69, 9.17) is 5.11 Å². The Kier molecular flexibility index (Phi) is 4.22. The molecule has 0 aromatic heterocycles. The minimum atomic E-state index is -1.12. The highest BCUT2D eigenvalue weighted by atomic mass is 16.5. The molecule has 0 spiro atoms. The van der Waals surface area contributed by atoms with Gasteiger partial charge in [-0.3, -0.25) is 0 Å². The molecule has 0 aliphatic rings. The predicted molar refractivity (Wildman–Crippen MR) is 42.0 cm³/mol. The molecular weight excluding hydrogens is 144 g/mol. The zero-order valence-electron chi connectivity index (χ0n) is 6.54. The number of aliphatic hydroxyl groups is 1. The lowest BCUT2D eigenvalue weighted by atomic mass is 10.1. The Balaban J connectivity index is 3.86. The van der Waals surface area contributed by atoms with Gasteiger partial charge in [-0.25, -0.2) is 4.79 Å². The van der Waals surface area contributed by atoms with Gasteiger partial charge in [0, 0.05) is 6.42 Å². The van der Waals surface area contributed by atoms with Crippen LogP contribution in [0.5, 0.6) is 0 Å². The number of methoxy groups -OCH3 is 1. The first-order valence-corrected chi connectivity index (χ1v) is 3.18. The number of carbonyl (C=O) groups excluding carboxylic acids is 1. The van der Waals surface area contributed by atoms with Crippen molar-refractivity contribution in [3.63, 3.8) is 0 Å². The first-order chi connectivity index (χ1) is 5.11. The highest BCUT2D eigenvalue weighted by Crippen LogP contribution is 2.04. The van der Waals surface area contributed by atoms with E-state index in [1.807, 2.05) is 0 Å². The average Bonchev–Trinajstić information content (AvgIpc) is 2.02. The molecule has 0 rings (SSSR count). The SMILES string of the molecule is C=CC(=C)CC(O)C(=O)OC. The Morgan fingerprint density at radius 3 is 2.73 bits per heavy atom. The van der Waals surface area contributed by atoms with Crippen molar-refractivity contribution < 1.29 is 14.6 Å². The number of carbonyl (C=O) groups is 1. The van der Waals surface area contributed by atoms with Gasteiger partial charge in [-0.15, -0.1) is 0 Å². The van der Waals surface area contributed by atoms with E-state index in [-0.39, 0.29) is 6.42 Å². The van der Waals surface area contributed by atoms with Crippen LogP contribution in [0.2, 0.25) is 0 Å². The number of allylic oxidation sites excluding steroid dienone is 1. The van der Waals surface area contributed by atoms with Gasteiger partial charge < -0.3 is 9.84 Å². The summed E-state index contributed by atoms with van der Waals surface area (Å²) in [7, 11) is 1.22. The summed E-state index contributed by atoms with van der Waals surface area (Å²) < 4.78 is 4.29. The average molecular weight is 156 g/mol. The van der Waals surface area contributed by atoms with Crippen molar-refractivity contribution >= 4 is 5.97 Å². The van der Waals surface area contributed by atoms with Crippen LogP contribution in [0, 0.1) is 0 Å². The quantitative estimate of drug-likeness (QED) is 0.480. The maximum atomic E-state index is 10.6. The molecule has 0 radical (unpaired) electrons. The van der Waals surface area contributed by atoms with E-state index in [0.717, 1.165) is 0 Å². The maximum absolute atomic E-state index is 10.6. The van der Waals surface area contributed by atoms with Gasteiger partial charge in [-0.1, -0.05) is 24.8 Å². The molecule has 1 N–H and O–H groups in total. The fourth-order valence-electron chi connectivity index (χ4n) is 0.551. The van der Waals surface area contributed by atoms with Crippen LogP contribution in [-0.2, 0) is 9.53 Å². The number of aliphatic hydroxyl groups excluding tert-OH is 1. The minimum absolute atomic E-state index is 0.177. The summed E-state index contributed by atoms with van der Waals surface area (Å²) in [5, 5.41) is 9.04. The zero-order valence-corrected chi connectivity index (χ0v) is 6.54. The van der Waals surface area contributed by atoms with Crippen molar-refractivity contribution in [2.45, 2.75) is 12.5 Å². The maximum Gasteiger partial charge on any atom is 0.335 e. The van der Waals surface area contributed by atoms with E-state index in [1.54, 1.807) is 0 Å². The van der Waals surface area contributed by atoms with E-state index in [0.29, 0.717) is 5.57 Å². The summed E-state index contributed by atoms with van der Waals surface area (Å²) in [5.74, 6) is -0.645. The predicted octanol–water partition coefficient (Wildman–Crippen LogP) is 0.653. The molecule has 1 atom stereocenters. The fraction of sp³-hybridized carbons (Fsp3) is 0.375. The standard InChI is InChI=1S/C8H12O3/c1-4-6(2)5-7(9)8(10)11-3/h4,7,9H,1-2,5H2,3H3. The van der Waals surface area contributed by atoms with Crippen molar-refractivity contribution in [2.75, 3.05) is 7.11 Å². The molecule has 1 unspecified atom stereocenters. The Hall–Kier alpha value is -1.09. The van der Waals surface area contributed by atoms with Crippen LogP contribution < -0.4 is 0 Å². The van der Waals surface area contributed by atoms with Crippen LogP contribution in [0.15, 0.2) is 24.8 Å². The summed E-state index contributed by atoms with van der Waals surface area (Å²) in [6.07, 6.45) is 0.549. The van der Waals surface area contributed by atoms with Crippen molar-refractivity contribution in [3.8, 4) is 0 Å². The molecule has 0 aliphatic carbocycles. The number of esters is 1. The Morgan fingerprint density at radius 2 is 2.36 bits per heavy atom. The lowest BCUT2D eigenvalue weighted by Gasteiger charge is -2.06. The van der Waals surface area contributed by atoms with Gasteiger partial charge in [0.05, 0.1) is 7.11 Å². The summed E-state index contributed by atoms with van der Waals surface area (Å²) >= 11 is 0. The Labute approximate surface area is 66.0 Å². The van der Waals surface area contributed by atoms with Crippen LogP contribution in [0.3, 0.4) is 0 Å². The fourth-order valence-corrected chi connectivity index (χ4v) is 0.551. The van der Waals surface area contributed by atoms with Crippen molar-refractivity contribution in [3.05, 3.63) is 24.8 Å². The van der Waals surface area contributed by atoms with Gasteiger partial charge in [0.2, 0.25) is 0 Å². The van der Waals surface area contributed by atoms with Gasteiger partial charge in [-0.2, -0.15) is 0 Å². The van der Waals surface area contributed by atoms with Crippen molar-refractivity contribution in [2.24, 2.45) is 0 Å². The van der Waals surface area contributed by atoms with Gasteiger partial charge in [0.25, 0.3) is 0 Å². The molecule has 0 saturated carbocycles. The van der Waals surface area contributed by atoms with Crippen molar-refractivity contribution in [1.29, 1.82) is 0 Å². The molecule has 0 amide bonds. The summed E-state index contributed by atoms with van der Waals surface area (Å²) in [6, 6.07) is 0. The molecule has 0 saturated heterocycles. The molecule has 0 aliphatic heterocycles. The lowest BCUT2D eigenvalue weighted by Crippen LogP contribution is -2.21. The monoisotopic (exact) mass is 156 g/mol. The van der Waals surface area contributed by atoms with Crippen molar-refractivity contribution in [1.82, 2.24) is 0 Å². The van der Waals surface area contributed by atoms with Gasteiger partial charge >= 0.3 is 5.97 Å². The third-order valence-electron chi connectivity index (χ3n) is 1.22. The Bertz CT molecular complexity index is 172. The molecule has 0 heterocycles. The number of ether oxygens (including phenoxy) is 1. The minimum Gasteiger partial charge on any atom is -0.467 e. The smallest absolute Gasteiger partial charge is 0.335 e. The van der Waals surface area contributed by atoms with Crippen LogP contribution >= 0.6 is 0 Å². The normalized spacial score (nSPS) is 11.8. The molecule has 0 fully saturated rings. The first-order valence-electron chi connectivity index (χ1n) is 3.18. The number of hydrogen-bond acceptors (Lipinski definition) is 3.